The summed E-state index contributed by atoms with van der Waals surface area (Å²) in [7, 11) is -2.56. The van der Waals surface area contributed by atoms with E-state index in [4.69, 9.17) is 10.7 Å². The molecule has 31 heavy (non-hydrogen) atoms. The van der Waals surface area contributed by atoms with E-state index in [2.05, 4.69) is 4.72 Å². The third-order valence-corrected chi connectivity index (χ3v) is 6.53. The summed E-state index contributed by atoms with van der Waals surface area (Å²) in [5.41, 5.74) is -0.534. The van der Waals surface area contributed by atoms with Crippen LogP contribution in [0.15, 0.2) is 58.3 Å². The molecule has 0 aliphatic rings. The van der Waals surface area contributed by atoms with Gasteiger partial charge >= 0.3 is 0 Å². The van der Waals surface area contributed by atoms with Gasteiger partial charge < -0.3 is 0 Å². The van der Waals surface area contributed by atoms with Crippen molar-refractivity contribution in [3.63, 3.8) is 0 Å². The fourth-order valence-corrected chi connectivity index (χ4v) is 4.08. The van der Waals surface area contributed by atoms with Gasteiger partial charge in [0.25, 0.3) is 20.4 Å². The average molecular weight is 494 g/mol. The zero-order valence-corrected chi connectivity index (χ0v) is 18.7. The van der Waals surface area contributed by atoms with Crippen molar-refractivity contribution in [1.82, 2.24) is 4.72 Å². The Morgan fingerprint density at radius 2 is 1.35 bits per heavy atom. The molecule has 2 rings (SSSR count). The molecule has 170 valence electrons. The normalized spacial score (nSPS) is 11.3. The summed E-state index contributed by atoms with van der Waals surface area (Å²) < 4.78 is 47.6. The van der Waals surface area contributed by atoms with Gasteiger partial charge in [0.15, 0.2) is 0 Å². The summed E-state index contributed by atoms with van der Waals surface area (Å²) in [5, 5.41) is 20.8. The van der Waals surface area contributed by atoms with Crippen molar-refractivity contribution in [3.8, 4) is 0 Å². The SMILES string of the molecule is CCCCCNS(=O)(=O)c1cccc([N+](=O)[O-])c1.O=[N+]([O-])c1cccc(S(=O)(=O)Cl)c1. The van der Waals surface area contributed by atoms with Crippen molar-refractivity contribution in [2.45, 2.75) is 36.0 Å². The topological polar surface area (TPSA) is 167 Å². The number of halogens is 1. The van der Waals surface area contributed by atoms with E-state index in [-0.39, 0.29) is 21.2 Å². The molecule has 0 saturated heterocycles. The molecule has 0 heterocycles. The lowest BCUT2D eigenvalue weighted by atomic mass is 10.3. The summed E-state index contributed by atoms with van der Waals surface area (Å²) in [5.74, 6) is 0. The van der Waals surface area contributed by atoms with Gasteiger partial charge in [-0.15, -0.1) is 0 Å². The van der Waals surface area contributed by atoms with Gasteiger partial charge in [-0.3, -0.25) is 20.2 Å². The van der Waals surface area contributed by atoms with E-state index >= 15 is 0 Å². The summed E-state index contributed by atoms with van der Waals surface area (Å²) in [6, 6.07) is 9.56. The number of unbranched alkanes of at least 4 members (excludes halogenated alkanes) is 2. The van der Waals surface area contributed by atoms with E-state index in [9.17, 15) is 37.1 Å². The molecule has 0 radical (unpaired) electrons. The lowest BCUT2D eigenvalue weighted by Crippen LogP contribution is -2.24. The van der Waals surface area contributed by atoms with Gasteiger partial charge in [-0.05, 0) is 18.6 Å². The second-order valence-corrected chi connectivity index (χ2v) is 10.4. The van der Waals surface area contributed by atoms with E-state index in [0.717, 1.165) is 31.4 Å². The maximum Gasteiger partial charge on any atom is 0.270 e. The Balaban J connectivity index is 0.000000327. The first-order chi connectivity index (χ1) is 14.4. The van der Waals surface area contributed by atoms with Crippen molar-refractivity contribution in [1.29, 1.82) is 0 Å². The molecular weight excluding hydrogens is 474 g/mol. The Kier molecular flexibility index (Phi) is 9.97. The maximum atomic E-state index is 11.8. The van der Waals surface area contributed by atoms with Crippen molar-refractivity contribution in [2.75, 3.05) is 6.54 Å². The van der Waals surface area contributed by atoms with Gasteiger partial charge in [0, 0.05) is 41.5 Å². The number of hydrogen-bond acceptors (Lipinski definition) is 8. The molecule has 1 N–H and O–H groups in total. The highest BCUT2D eigenvalue weighted by Crippen LogP contribution is 2.20. The molecule has 14 heteroatoms. The van der Waals surface area contributed by atoms with Crippen molar-refractivity contribution < 1.29 is 26.7 Å². The number of rotatable bonds is 9. The molecule has 0 amide bonds. The molecule has 0 fully saturated rings. The van der Waals surface area contributed by atoms with Gasteiger partial charge in [-0.25, -0.2) is 21.6 Å². The summed E-state index contributed by atoms with van der Waals surface area (Å²) >= 11 is 0. The van der Waals surface area contributed by atoms with Crippen molar-refractivity contribution in [3.05, 3.63) is 68.8 Å². The van der Waals surface area contributed by atoms with Crippen LogP contribution < -0.4 is 4.72 Å². The second-order valence-electron chi connectivity index (χ2n) is 6.05. The molecule has 0 bridgehead atoms. The predicted octanol–water partition coefficient (Wildman–Crippen LogP) is 3.59. The lowest BCUT2D eigenvalue weighted by Gasteiger charge is -2.06. The highest BCUT2D eigenvalue weighted by atomic mass is 35.7. The minimum Gasteiger partial charge on any atom is -0.258 e. The Morgan fingerprint density at radius 3 is 1.81 bits per heavy atom. The molecule has 0 atom stereocenters. The maximum absolute atomic E-state index is 11.8. The van der Waals surface area contributed by atoms with Crippen LogP contribution in [0.5, 0.6) is 0 Å². The number of nitrogens with zero attached hydrogens (tertiary/aromatic N) is 2. The first-order valence-electron chi connectivity index (χ1n) is 8.81. The van der Waals surface area contributed by atoms with Crippen LogP contribution in [0.4, 0.5) is 11.4 Å². The van der Waals surface area contributed by atoms with Gasteiger partial charge in [0.1, 0.15) is 0 Å². The molecule has 0 unspecified atom stereocenters. The van der Waals surface area contributed by atoms with E-state index in [1.807, 2.05) is 6.92 Å². The number of benzene rings is 2. The number of hydrogen-bond donors (Lipinski definition) is 1. The quantitative estimate of drug-likeness (QED) is 0.239. The van der Waals surface area contributed by atoms with Gasteiger partial charge in [0.2, 0.25) is 10.0 Å². The third kappa shape index (κ3) is 8.96. The first kappa shape index (κ1) is 26.4. The molecule has 2 aromatic carbocycles. The van der Waals surface area contributed by atoms with E-state index in [0.29, 0.717) is 6.54 Å². The summed E-state index contributed by atoms with van der Waals surface area (Å²) in [6.07, 6.45) is 2.70. The Bertz CT molecular complexity index is 1140. The number of non-ortho nitro benzene ring substituents is 2. The van der Waals surface area contributed by atoms with E-state index in [1.54, 1.807) is 0 Å². The minimum absolute atomic E-state index is 0.0757. The number of nitrogens with one attached hydrogen (secondary N) is 1. The summed E-state index contributed by atoms with van der Waals surface area (Å²) in [4.78, 5) is 19.2. The van der Waals surface area contributed by atoms with Gasteiger partial charge in [0.05, 0.1) is 19.6 Å². The van der Waals surface area contributed by atoms with Crippen LogP contribution in [-0.4, -0.2) is 33.2 Å². The molecule has 0 saturated carbocycles. The monoisotopic (exact) mass is 493 g/mol. The van der Waals surface area contributed by atoms with Gasteiger partial charge in [-0.1, -0.05) is 31.9 Å². The molecule has 0 spiro atoms. The molecule has 2 aromatic rings. The fraction of sp³-hybridized carbons (Fsp3) is 0.294. The van der Waals surface area contributed by atoms with E-state index < -0.39 is 28.9 Å². The smallest absolute Gasteiger partial charge is 0.258 e. The lowest BCUT2D eigenvalue weighted by molar-refractivity contribution is -0.385. The standard InChI is InChI=1S/C11H16N2O4S.C6H4ClNO4S/c1-2-3-4-8-12-18(16,17)11-7-5-6-10(9-11)13(14)15;7-13(11,12)6-3-1-2-5(4-6)8(9)10/h5-7,9,12H,2-4,8H2,1H3;1-4H. The van der Waals surface area contributed by atoms with Crippen LogP contribution in [0.3, 0.4) is 0 Å². The van der Waals surface area contributed by atoms with Crippen LogP contribution in [0.2, 0.25) is 0 Å². The van der Waals surface area contributed by atoms with Gasteiger partial charge in [-0.2, -0.15) is 0 Å². The van der Waals surface area contributed by atoms with Crippen LogP contribution in [-0.2, 0) is 19.1 Å². The van der Waals surface area contributed by atoms with Crippen LogP contribution in [0, 0.1) is 20.2 Å². The zero-order valence-electron chi connectivity index (χ0n) is 16.3. The average Bonchev–Trinajstić information content (AvgIpc) is 2.71. The van der Waals surface area contributed by atoms with Crippen molar-refractivity contribution in [2.24, 2.45) is 0 Å². The fourth-order valence-electron chi connectivity index (χ4n) is 2.18. The highest BCUT2D eigenvalue weighted by Gasteiger charge is 2.17. The first-order valence-corrected chi connectivity index (χ1v) is 12.6. The van der Waals surface area contributed by atoms with Crippen LogP contribution in [0.25, 0.3) is 0 Å². The van der Waals surface area contributed by atoms with Crippen molar-refractivity contribution >= 4 is 41.1 Å². The number of sulfonamides is 1. The molecular formula is C17H20ClN3O8S2. The highest BCUT2D eigenvalue weighted by molar-refractivity contribution is 8.13. The molecule has 0 aliphatic heterocycles. The Morgan fingerprint density at radius 1 is 0.871 bits per heavy atom. The Labute approximate surface area is 183 Å². The molecule has 11 nitrogen and oxygen atoms in total. The predicted molar refractivity (Wildman–Crippen MR) is 114 cm³/mol. The summed E-state index contributed by atoms with van der Waals surface area (Å²) in [6.45, 7) is 2.37. The molecule has 0 aliphatic carbocycles. The minimum atomic E-state index is -3.89. The number of nitro benzene ring substituents is 2. The molecule has 0 aromatic heterocycles. The largest absolute Gasteiger partial charge is 0.270 e. The third-order valence-electron chi connectivity index (χ3n) is 3.72. The van der Waals surface area contributed by atoms with Crippen LogP contribution >= 0.6 is 10.7 Å². The van der Waals surface area contributed by atoms with Crippen LogP contribution in [0.1, 0.15) is 26.2 Å². The number of nitro groups is 2. The second kappa shape index (κ2) is 11.7. The van der Waals surface area contributed by atoms with E-state index in [1.165, 1.54) is 36.4 Å². The zero-order chi connectivity index (χ0) is 23.7. The Hall–Kier alpha value is -2.61.